The lowest BCUT2D eigenvalue weighted by atomic mass is 10.1. The van der Waals surface area contributed by atoms with Crippen molar-refractivity contribution < 1.29 is 4.79 Å². The molecule has 3 nitrogen and oxygen atoms in total. The van der Waals surface area contributed by atoms with Crippen LogP contribution in [0.1, 0.15) is 25.0 Å². The van der Waals surface area contributed by atoms with E-state index in [-0.39, 0.29) is 11.8 Å². The highest BCUT2D eigenvalue weighted by molar-refractivity contribution is 5.78. The number of hydrogen-bond donors (Lipinski definition) is 1. The maximum Gasteiger partial charge on any atom is 0.226 e. The molecule has 1 N–H and O–H groups in total. The van der Waals surface area contributed by atoms with Gasteiger partial charge >= 0.3 is 0 Å². The predicted molar refractivity (Wildman–Crippen MR) is 75.4 cm³/mol. The number of nitrogens with one attached hydrogen (secondary N) is 1. The number of carbonyl (C=O) groups excluding carboxylic acids is 1. The summed E-state index contributed by atoms with van der Waals surface area (Å²) in [6.45, 7) is 5.49. The van der Waals surface area contributed by atoms with Gasteiger partial charge in [-0.25, -0.2) is 0 Å². The molecule has 0 saturated heterocycles. The van der Waals surface area contributed by atoms with Crippen LogP contribution in [0, 0.1) is 5.92 Å². The lowest BCUT2D eigenvalue weighted by Gasteiger charge is -2.21. The van der Waals surface area contributed by atoms with Gasteiger partial charge in [0.05, 0.1) is 0 Å². The van der Waals surface area contributed by atoms with Gasteiger partial charge in [0.15, 0.2) is 0 Å². The van der Waals surface area contributed by atoms with Crippen molar-refractivity contribution in [3.8, 4) is 0 Å². The number of hydrogen-bond acceptors (Lipinski definition) is 2. The van der Waals surface area contributed by atoms with Crippen molar-refractivity contribution in [3.63, 3.8) is 0 Å². The molecule has 0 heterocycles. The van der Waals surface area contributed by atoms with Crippen LogP contribution in [0.3, 0.4) is 0 Å². The van der Waals surface area contributed by atoms with Crippen molar-refractivity contribution in [2.45, 2.75) is 26.8 Å². The van der Waals surface area contributed by atoms with E-state index < -0.39 is 0 Å². The van der Waals surface area contributed by atoms with Crippen molar-refractivity contribution in [2.24, 2.45) is 5.92 Å². The Balaban J connectivity index is 2.57. The van der Waals surface area contributed by atoms with E-state index in [1.165, 1.54) is 11.1 Å². The first-order chi connectivity index (χ1) is 8.58. The number of amides is 1. The molecular formula is C15H24N2O. The zero-order valence-corrected chi connectivity index (χ0v) is 11.9. The normalized spacial score (nSPS) is 12.2. The van der Waals surface area contributed by atoms with Gasteiger partial charge < -0.3 is 10.2 Å². The summed E-state index contributed by atoms with van der Waals surface area (Å²) < 4.78 is 0. The van der Waals surface area contributed by atoms with Gasteiger partial charge in [-0.1, -0.05) is 38.1 Å². The third-order valence-electron chi connectivity index (χ3n) is 3.16. The van der Waals surface area contributed by atoms with E-state index >= 15 is 0 Å². The standard InChI is InChI=1S/C15H24N2O/c1-5-13-6-8-14(9-7-13)11-17(4)15(18)12(2)10-16-3/h6-9,12,16H,5,10-11H2,1-4H3. The highest BCUT2D eigenvalue weighted by atomic mass is 16.2. The molecule has 0 radical (unpaired) electrons. The molecule has 1 amide bonds. The topological polar surface area (TPSA) is 32.3 Å². The van der Waals surface area contributed by atoms with Crippen LogP contribution in [0.15, 0.2) is 24.3 Å². The summed E-state index contributed by atoms with van der Waals surface area (Å²) in [4.78, 5) is 13.8. The van der Waals surface area contributed by atoms with E-state index in [1.807, 2.05) is 21.0 Å². The van der Waals surface area contributed by atoms with Gasteiger partial charge in [0.1, 0.15) is 0 Å². The van der Waals surface area contributed by atoms with Gasteiger partial charge in [-0.3, -0.25) is 4.79 Å². The molecule has 0 bridgehead atoms. The molecule has 1 unspecified atom stereocenters. The monoisotopic (exact) mass is 248 g/mol. The molecule has 0 fully saturated rings. The Morgan fingerprint density at radius 1 is 1.28 bits per heavy atom. The van der Waals surface area contributed by atoms with E-state index in [4.69, 9.17) is 0 Å². The molecule has 0 aliphatic carbocycles. The average molecular weight is 248 g/mol. The van der Waals surface area contributed by atoms with Crippen LogP contribution in [-0.4, -0.2) is 31.4 Å². The Morgan fingerprint density at radius 2 is 1.83 bits per heavy atom. The molecule has 100 valence electrons. The summed E-state index contributed by atoms with van der Waals surface area (Å²) >= 11 is 0. The molecule has 0 saturated carbocycles. The number of benzene rings is 1. The van der Waals surface area contributed by atoms with E-state index in [0.29, 0.717) is 6.54 Å². The van der Waals surface area contributed by atoms with E-state index in [1.54, 1.807) is 4.90 Å². The van der Waals surface area contributed by atoms with Crippen molar-refractivity contribution in [2.75, 3.05) is 20.6 Å². The molecule has 1 aromatic rings. The van der Waals surface area contributed by atoms with Gasteiger partial charge in [0.25, 0.3) is 0 Å². The first-order valence-electron chi connectivity index (χ1n) is 6.55. The van der Waals surface area contributed by atoms with Crippen LogP contribution in [0.25, 0.3) is 0 Å². The minimum absolute atomic E-state index is 0.0231. The van der Waals surface area contributed by atoms with Gasteiger partial charge in [-0.2, -0.15) is 0 Å². The van der Waals surface area contributed by atoms with Crippen molar-refractivity contribution in [1.82, 2.24) is 10.2 Å². The summed E-state index contributed by atoms with van der Waals surface area (Å²) in [7, 11) is 3.73. The first-order valence-corrected chi connectivity index (χ1v) is 6.55. The number of rotatable bonds is 6. The molecule has 1 rings (SSSR count). The Hall–Kier alpha value is -1.35. The maximum absolute atomic E-state index is 12.0. The largest absolute Gasteiger partial charge is 0.341 e. The van der Waals surface area contributed by atoms with Crippen LogP contribution in [0.4, 0.5) is 0 Å². The molecular weight excluding hydrogens is 224 g/mol. The van der Waals surface area contributed by atoms with Gasteiger partial charge in [-0.05, 0) is 24.6 Å². The maximum atomic E-state index is 12.0. The van der Waals surface area contributed by atoms with Crippen LogP contribution < -0.4 is 5.32 Å². The Labute approximate surface area is 110 Å². The molecule has 3 heteroatoms. The van der Waals surface area contributed by atoms with Gasteiger partial charge in [0, 0.05) is 26.1 Å². The van der Waals surface area contributed by atoms with Gasteiger partial charge in [-0.15, -0.1) is 0 Å². The second-order valence-corrected chi connectivity index (χ2v) is 4.82. The molecule has 0 aliphatic rings. The zero-order valence-electron chi connectivity index (χ0n) is 11.9. The smallest absolute Gasteiger partial charge is 0.226 e. The number of carbonyl (C=O) groups is 1. The average Bonchev–Trinajstić information content (AvgIpc) is 2.39. The summed E-state index contributed by atoms with van der Waals surface area (Å²) in [5.41, 5.74) is 2.51. The highest BCUT2D eigenvalue weighted by Gasteiger charge is 2.16. The predicted octanol–water partition coefficient (Wildman–Crippen LogP) is 2.06. The van der Waals surface area contributed by atoms with Crippen LogP contribution in [-0.2, 0) is 17.8 Å². The third kappa shape index (κ3) is 4.15. The fourth-order valence-corrected chi connectivity index (χ4v) is 2.00. The summed E-state index contributed by atoms with van der Waals surface area (Å²) in [5, 5.41) is 3.03. The van der Waals surface area contributed by atoms with Crippen molar-refractivity contribution >= 4 is 5.91 Å². The van der Waals surface area contributed by atoms with Crippen LogP contribution in [0.2, 0.25) is 0 Å². The fourth-order valence-electron chi connectivity index (χ4n) is 2.00. The Kier molecular flexibility index (Phi) is 5.86. The minimum atomic E-state index is 0.0231. The molecule has 0 aliphatic heterocycles. The fraction of sp³-hybridized carbons (Fsp3) is 0.533. The van der Waals surface area contributed by atoms with Crippen LogP contribution in [0.5, 0.6) is 0 Å². The number of aryl methyl sites for hydroxylation is 1. The summed E-state index contributed by atoms with van der Waals surface area (Å²) in [6.07, 6.45) is 1.05. The zero-order chi connectivity index (χ0) is 13.5. The first kappa shape index (κ1) is 14.7. The molecule has 18 heavy (non-hydrogen) atoms. The second-order valence-electron chi connectivity index (χ2n) is 4.82. The lowest BCUT2D eigenvalue weighted by molar-refractivity contribution is -0.134. The lowest BCUT2D eigenvalue weighted by Crippen LogP contribution is -2.35. The van der Waals surface area contributed by atoms with E-state index in [9.17, 15) is 4.79 Å². The highest BCUT2D eigenvalue weighted by Crippen LogP contribution is 2.09. The second kappa shape index (κ2) is 7.17. The third-order valence-corrected chi connectivity index (χ3v) is 3.16. The minimum Gasteiger partial charge on any atom is -0.341 e. The van der Waals surface area contributed by atoms with Gasteiger partial charge in [0.2, 0.25) is 5.91 Å². The summed E-state index contributed by atoms with van der Waals surface area (Å²) in [6, 6.07) is 8.46. The Bertz CT molecular complexity index is 373. The summed E-state index contributed by atoms with van der Waals surface area (Å²) in [5.74, 6) is 0.207. The van der Waals surface area contributed by atoms with Crippen LogP contribution >= 0.6 is 0 Å². The molecule has 0 aromatic heterocycles. The quantitative estimate of drug-likeness (QED) is 0.836. The number of nitrogens with zero attached hydrogens (tertiary/aromatic N) is 1. The van der Waals surface area contributed by atoms with Crippen molar-refractivity contribution in [3.05, 3.63) is 35.4 Å². The molecule has 1 aromatic carbocycles. The molecule has 0 spiro atoms. The van der Waals surface area contributed by atoms with E-state index in [2.05, 4.69) is 36.5 Å². The SMILES string of the molecule is CCc1ccc(CN(C)C(=O)C(C)CNC)cc1. The Morgan fingerprint density at radius 3 is 2.33 bits per heavy atom. The molecule has 1 atom stereocenters. The van der Waals surface area contributed by atoms with Crippen molar-refractivity contribution in [1.29, 1.82) is 0 Å². The van der Waals surface area contributed by atoms with E-state index in [0.717, 1.165) is 13.0 Å².